The molecule has 1 fully saturated rings. The SMILES string of the molecule is COC(=O)CCc1ccc(NC(=O)C(=O)NC2(Cc3ccc(Cl)cc3Cl)CCC2)cc1. The van der Waals surface area contributed by atoms with Crippen LogP contribution in [0.4, 0.5) is 5.69 Å². The number of hydrogen-bond donors (Lipinski definition) is 2. The molecule has 164 valence electrons. The fraction of sp³-hybridized carbons (Fsp3) is 0.348. The summed E-state index contributed by atoms with van der Waals surface area (Å²) < 4.78 is 4.62. The molecule has 2 aromatic rings. The quantitative estimate of drug-likeness (QED) is 0.473. The summed E-state index contributed by atoms with van der Waals surface area (Å²) in [7, 11) is 1.35. The summed E-state index contributed by atoms with van der Waals surface area (Å²) in [6, 6.07) is 12.3. The van der Waals surface area contributed by atoms with Gasteiger partial charge in [0.25, 0.3) is 0 Å². The summed E-state index contributed by atoms with van der Waals surface area (Å²) >= 11 is 12.2. The van der Waals surface area contributed by atoms with Crippen molar-refractivity contribution in [1.82, 2.24) is 5.32 Å². The summed E-state index contributed by atoms with van der Waals surface area (Å²) in [4.78, 5) is 36.2. The fourth-order valence-electron chi connectivity index (χ4n) is 3.57. The Morgan fingerprint density at radius 2 is 1.74 bits per heavy atom. The van der Waals surface area contributed by atoms with Crippen molar-refractivity contribution in [3.63, 3.8) is 0 Å². The summed E-state index contributed by atoms with van der Waals surface area (Å²) in [6.45, 7) is 0. The van der Waals surface area contributed by atoms with Gasteiger partial charge in [0.05, 0.1) is 7.11 Å². The van der Waals surface area contributed by atoms with E-state index < -0.39 is 17.4 Å². The number of anilines is 1. The number of carbonyl (C=O) groups is 3. The van der Waals surface area contributed by atoms with Gasteiger partial charge < -0.3 is 15.4 Å². The van der Waals surface area contributed by atoms with Gasteiger partial charge in [-0.05, 0) is 67.5 Å². The van der Waals surface area contributed by atoms with Crippen LogP contribution >= 0.6 is 23.2 Å². The average Bonchev–Trinajstić information content (AvgIpc) is 2.72. The van der Waals surface area contributed by atoms with Crippen molar-refractivity contribution in [2.24, 2.45) is 0 Å². The van der Waals surface area contributed by atoms with Crippen molar-refractivity contribution in [1.29, 1.82) is 0 Å². The largest absolute Gasteiger partial charge is 0.469 e. The van der Waals surface area contributed by atoms with Crippen LogP contribution in [0.25, 0.3) is 0 Å². The van der Waals surface area contributed by atoms with E-state index in [9.17, 15) is 14.4 Å². The highest BCUT2D eigenvalue weighted by Crippen LogP contribution is 2.37. The Kier molecular flexibility index (Phi) is 7.57. The topological polar surface area (TPSA) is 84.5 Å². The van der Waals surface area contributed by atoms with Crippen LogP contribution in [0.1, 0.15) is 36.8 Å². The molecule has 0 saturated heterocycles. The average molecular weight is 463 g/mol. The van der Waals surface area contributed by atoms with Crippen LogP contribution < -0.4 is 10.6 Å². The minimum atomic E-state index is -0.726. The molecule has 0 spiro atoms. The van der Waals surface area contributed by atoms with E-state index in [1.165, 1.54) is 7.11 Å². The Balaban J connectivity index is 1.56. The van der Waals surface area contributed by atoms with Crippen molar-refractivity contribution in [2.45, 2.75) is 44.1 Å². The van der Waals surface area contributed by atoms with Crippen molar-refractivity contribution in [3.05, 3.63) is 63.6 Å². The van der Waals surface area contributed by atoms with Crippen LogP contribution in [0.3, 0.4) is 0 Å². The summed E-state index contributed by atoms with van der Waals surface area (Å²) in [5.41, 5.74) is 1.84. The summed E-state index contributed by atoms with van der Waals surface area (Å²) in [5.74, 6) is -1.69. The van der Waals surface area contributed by atoms with Crippen LogP contribution in [0.2, 0.25) is 10.0 Å². The molecule has 0 radical (unpaired) electrons. The molecule has 2 amide bonds. The number of rotatable bonds is 7. The molecule has 0 aliphatic heterocycles. The van der Waals surface area contributed by atoms with Gasteiger partial charge in [-0.2, -0.15) is 0 Å². The van der Waals surface area contributed by atoms with Gasteiger partial charge in [-0.1, -0.05) is 41.4 Å². The number of hydrogen-bond acceptors (Lipinski definition) is 4. The third-order valence-corrected chi connectivity index (χ3v) is 6.08. The molecule has 1 saturated carbocycles. The molecule has 1 aliphatic rings. The number of carbonyl (C=O) groups excluding carboxylic acids is 3. The molecular formula is C23H24Cl2N2O4. The van der Waals surface area contributed by atoms with E-state index in [-0.39, 0.29) is 12.4 Å². The molecule has 2 N–H and O–H groups in total. The van der Waals surface area contributed by atoms with E-state index in [0.29, 0.717) is 28.6 Å². The standard InChI is InChI=1S/C23H24Cl2N2O4/c1-31-20(28)10-5-15-3-8-18(9-4-15)26-21(29)22(30)27-23(11-2-12-23)14-16-6-7-17(24)13-19(16)25/h3-4,6-9,13H,2,5,10-12,14H2,1H3,(H,26,29)(H,27,30). The molecule has 3 rings (SSSR count). The third-order valence-electron chi connectivity index (χ3n) is 5.50. The number of esters is 1. The van der Waals surface area contributed by atoms with Crippen LogP contribution in [0.5, 0.6) is 0 Å². The first-order valence-corrected chi connectivity index (χ1v) is 10.8. The summed E-state index contributed by atoms with van der Waals surface area (Å²) in [6.07, 6.45) is 3.89. The molecular weight excluding hydrogens is 439 g/mol. The maximum absolute atomic E-state index is 12.5. The number of nitrogens with one attached hydrogen (secondary N) is 2. The van der Waals surface area contributed by atoms with Crippen LogP contribution in [-0.4, -0.2) is 30.4 Å². The first-order valence-electron chi connectivity index (χ1n) is 10.0. The minimum Gasteiger partial charge on any atom is -0.469 e. The Labute approximate surface area is 191 Å². The van der Waals surface area contributed by atoms with Crippen molar-refractivity contribution < 1.29 is 19.1 Å². The van der Waals surface area contributed by atoms with Gasteiger partial charge in [-0.15, -0.1) is 0 Å². The second-order valence-electron chi connectivity index (χ2n) is 7.73. The van der Waals surface area contributed by atoms with Crippen LogP contribution in [-0.2, 0) is 32.0 Å². The van der Waals surface area contributed by atoms with Gasteiger partial charge in [-0.3, -0.25) is 14.4 Å². The molecule has 8 heteroatoms. The Hall–Kier alpha value is -2.57. The number of aryl methyl sites for hydroxylation is 1. The maximum atomic E-state index is 12.5. The van der Waals surface area contributed by atoms with Gasteiger partial charge in [0, 0.05) is 27.7 Å². The van der Waals surface area contributed by atoms with Crippen molar-refractivity contribution >= 4 is 46.7 Å². The second kappa shape index (κ2) is 10.2. The van der Waals surface area contributed by atoms with Gasteiger partial charge in [0.2, 0.25) is 0 Å². The number of halogens is 2. The van der Waals surface area contributed by atoms with E-state index in [4.69, 9.17) is 23.2 Å². The lowest BCUT2D eigenvalue weighted by Gasteiger charge is -2.42. The number of benzene rings is 2. The monoisotopic (exact) mass is 462 g/mol. The molecule has 1 aliphatic carbocycles. The molecule has 0 aromatic heterocycles. The molecule has 2 aromatic carbocycles. The molecule has 0 unspecified atom stereocenters. The molecule has 6 nitrogen and oxygen atoms in total. The minimum absolute atomic E-state index is 0.279. The van der Waals surface area contributed by atoms with Gasteiger partial charge in [0.15, 0.2) is 0 Å². The van der Waals surface area contributed by atoms with E-state index in [1.807, 2.05) is 6.07 Å². The number of amides is 2. The van der Waals surface area contributed by atoms with Crippen molar-refractivity contribution in [3.8, 4) is 0 Å². The van der Waals surface area contributed by atoms with Crippen molar-refractivity contribution in [2.75, 3.05) is 12.4 Å². The smallest absolute Gasteiger partial charge is 0.313 e. The van der Waals surface area contributed by atoms with Crippen LogP contribution in [0, 0.1) is 0 Å². The second-order valence-corrected chi connectivity index (χ2v) is 8.57. The van der Waals surface area contributed by atoms with E-state index in [0.717, 1.165) is 30.4 Å². The zero-order valence-corrected chi connectivity index (χ0v) is 18.7. The third kappa shape index (κ3) is 6.21. The van der Waals surface area contributed by atoms with Gasteiger partial charge in [-0.25, -0.2) is 0 Å². The summed E-state index contributed by atoms with van der Waals surface area (Å²) in [5, 5.41) is 6.61. The lowest BCUT2D eigenvalue weighted by atomic mass is 9.72. The fourth-order valence-corrected chi connectivity index (χ4v) is 4.04. The van der Waals surface area contributed by atoms with E-state index in [1.54, 1.807) is 36.4 Å². The lowest BCUT2D eigenvalue weighted by molar-refractivity contribution is -0.140. The lowest BCUT2D eigenvalue weighted by Crippen LogP contribution is -2.57. The van der Waals surface area contributed by atoms with Gasteiger partial charge >= 0.3 is 17.8 Å². The Morgan fingerprint density at radius 3 is 2.32 bits per heavy atom. The number of ether oxygens (including phenoxy) is 1. The zero-order chi connectivity index (χ0) is 22.4. The van der Waals surface area contributed by atoms with Crippen LogP contribution in [0.15, 0.2) is 42.5 Å². The van der Waals surface area contributed by atoms with Gasteiger partial charge in [0.1, 0.15) is 0 Å². The molecule has 0 bridgehead atoms. The Morgan fingerprint density at radius 1 is 1.03 bits per heavy atom. The number of methoxy groups -OCH3 is 1. The molecule has 0 heterocycles. The predicted octanol–water partition coefficient (Wildman–Crippen LogP) is 4.32. The molecule has 0 atom stereocenters. The predicted molar refractivity (Wildman–Crippen MR) is 120 cm³/mol. The normalized spacial score (nSPS) is 14.3. The zero-order valence-electron chi connectivity index (χ0n) is 17.2. The first kappa shape index (κ1) is 23.1. The van der Waals surface area contributed by atoms with E-state index >= 15 is 0 Å². The van der Waals surface area contributed by atoms with E-state index in [2.05, 4.69) is 15.4 Å². The first-order chi connectivity index (χ1) is 14.8. The Bertz CT molecular complexity index is 972. The highest BCUT2D eigenvalue weighted by Gasteiger charge is 2.40. The highest BCUT2D eigenvalue weighted by atomic mass is 35.5. The highest BCUT2D eigenvalue weighted by molar-refractivity contribution is 6.39. The molecule has 31 heavy (non-hydrogen) atoms. The maximum Gasteiger partial charge on any atom is 0.313 e.